The van der Waals surface area contributed by atoms with Gasteiger partial charge in [-0.25, -0.2) is 4.79 Å². The third-order valence-electron chi connectivity index (χ3n) is 5.25. The molecular formula is C24H28ClN5O3. The number of nitrogens with zero attached hydrogens (tertiary/aromatic N) is 2. The van der Waals surface area contributed by atoms with Gasteiger partial charge in [-0.05, 0) is 23.6 Å². The summed E-state index contributed by atoms with van der Waals surface area (Å²) in [7, 11) is 0. The van der Waals surface area contributed by atoms with Gasteiger partial charge in [0.15, 0.2) is 0 Å². The zero-order chi connectivity index (χ0) is 23.8. The SMILES string of the molecule is CCCCn1c(N)c(N(CC(=O)NCc2ccccc2Cl)Cc2ccccc2)c(=O)[nH]c1=O. The van der Waals surface area contributed by atoms with Crippen molar-refractivity contribution in [1.82, 2.24) is 14.9 Å². The summed E-state index contributed by atoms with van der Waals surface area (Å²) in [5, 5.41) is 3.40. The first-order chi connectivity index (χ1) is 15.9. The number of hydrogen-bond acceptors (Lipinski definition) is 5. The van der Waals surface area contributed by atoms with Crippen molar-refractivity contribution in [1.29, 1.82) is 0 Å². The maximum Gasteiger partial charge on any atom is 0.330 e. The summed E-state index contributed by atoms with van der Waals surface area (Å²) in [5.41, 5.74) is 6.88. The molecule has 33 heavy (non-hydrogen) atoms. The van der Waals surface area contributed by atoms with Gasteiger partial charge < -0.3 is 16.0 Å². The van der Waals surface area contributed by atoms with Gasteiger partial charge in [0.1, 0.15) is 11.5 Å². The van der Waals surface area contributed by atoms with Crippen LogP contribution in [-0.2, 0) is 24.4 Å². The Bertz CT molecular complexity index is 1210. The minimum absolute atomic E-state index is 0.0482. The Kier molecular flexibility index (Phi) is 8.32. The van der Waals surface area contributed by atoms with Crippen molar-refractivity contribution >= 4 is 29.0 Å². The monoisotopic (exact) mass is 469 g/mol. The number of anilines is 2. The second kappa shape index (κ2) is 11.4. The first kappa shape index (κ1) is 24.1. The molecule has 1 heterocycles. The molecule has 3 rings (SSSR count). The average molecular weight is 470 g/mol. The van der Waals surface area contributed by atoms with Gasteiger partial charge >= 0.3 is 5.69 Å². The highest BCUT2D eigenvalue weighted by Gasteiger charge is 2.21. The minimum atomic E-state index is -0.625. The molecule has 0 saturated carbocycles. The molecule has 0 atom stereocenters. The first-order valence-electron chi connectivity index (χ1n) is 10.8. The summed E-state index contributed by atoms with van der Waals surface area (Å²) in [6.45, 7) is 2.76. The fourth-order valence-electron chi connectivity index (χ4n) is 3.50. The molecule has 4 N–H and O–H groups in total. The van der Waals surface area contributed by atoms with Crippen molar-refractivity contribution in [3.63, 3.8) is 0 Å². The van der Waals surface area contributed by atoms with Gasteiger partial charge in [0.05, 0.1) is 6.54 Å². The maximum absolute atomic E-state index is 12.8. The minimum Gasteiger partial charge on any atom is -0.383 e. The highest BCUT2D eigenvalue weighted by atomic mass is 35.5. The van der Waals surface area contributed by atoms with Crippen LogP contribution in [0.4, 0.5) is 11.5 Å². The lowest BCUT2D eigenvalue weighted by Crippen LogP contribution is -2.42. The number of rotatable bonds is 10. The van der Waals surface area contributed by atoms with Crippen LogP contribution in [0.1, 0.15) is 30.9 Å². The van der Waals surface area contributed by atoms with E-state index in [-0.39, 0.29) is 37.0 Å². The first-order valence-corrected chi connectivity index (χ1v) is 11.2. The summed E-state index contributed by atoms with van der Waals surface area (Å²) in [6.07, 6.45) is 1.59. The van der Waals surface area contributed by atoms with Crippen LogP contribution < -0.4 is 27.2 Å². The molecule has 9 heteroatoms. The molecule has 0 aliphatic rings. The number of carbonyl (C=O) groups excluding carboxylic acids is 1. The number of aromatic amines is 1. The van der Waals surface area contributed by atoms with Crippen molar-refractivity contribution in [3.05, 3.63) is 91.6 Å². The lowest BCUT2D eigenvalue weighted by molar-refractivity contribution is -0.119. The van der Waals surface area contributed by atoms with Crippen LogP contribution in [0.2, 0.25) is 5.02 Å². The molecule has 1 aromatic heterocycles. The Balaban J connectivity index is 1.90. The number of aromatic nitrogens is 2. The Labute approximate surface area is 197 Å². The van der Waals surface area contributed by atoms with Crippen molar-refractivity contribution < 1.29 is 4.79 Å². The number of hydrogen-bond donors (Lipinski definition) is 3. The topological polar surface area (TPSA) is 113 Å². The molecule has 1 amide bonds. The van der Waals surface area contributed by atoms with E-state index in [1.807, 2.05) is 55.5 Å². The van der Waals surface area contributed by atoms with Gasteiger partial charge in [0, 0.05) is 24.7 Å². The van der Waals surface area contributed by atoms with E-state index in [0.717, 1.165) is 24.0 Å². The number of H-pyrrole nitrogens is 1. The zero-order valence-corrected chi connectivity index (χ0v) is 19.3. The molecule has 0 aliphatic heterocycles. The normalized spacial score (nSPS) is 10.7. The van der Waals surface area contributed by atoms with E-state index < -0.39 is 11.2 Å². The highest BCUT2D eigenvalue weighted by Crippen LogP contribution is 2.20. The van der Waals surface area contributed by atoms with Crippen LogP contribution in [-0.4, -0.2) is 22.0 Å². The van der Waals surface area contributed by atoms with Gasteiger partial charge in [-0.3, -0.25) is 19.1 Å². The molecule has 0 aliphatic carbocycles. The molecule has 0 fully saturated rings. The molecule has 0 unspecified atom stereocenters. The van der Waals surface area contributed by atoms with E-state index >= 15 is 0 Å². The molecular weight excluding hydrogens is 442 g/mol. The summed E-state index contributed by atoms with van der Waals surface area (Å²) in [4.78, 5) is 41.9. The van der Waals surface area contributed by atoms with E-state index in [0.29, 0.717) is 11.6 Å². The molecule has 3 aromatic rings. The Morgan fingerprint density at radius 3 is 2.52 bits per heavy atom. The molecule has 0 spiro atoms. The quantitative estimate of drug-likeness (QED) is 0.422. The van der Waals surface area contributed by atoms with E-state index in [1.54, 1.807) is 11.0 Å². The Morgan fingerprint density at radius 2 is 1.82 bits per heavy atom. The fraction of sp³-hybridized carbons (Fsp3) is 0.292. The van der Waals surface area contributed by atoms with Crippen molar-refractivity contribution in [3.8, 4) is 0 Å². The van der Waals surface area contributed by atoms with Crippen LogP contribution in [0.15, 0.2) is 64.2 Å². The van der Waals surface area contributed by atoms with Gasteiger partial charge in [-0.15, -0.1) is 0 Å². The second-order valence-electron chi connectivity index (χ2n) is 7.71. The van der Waals surface area contributed by atoms with E-state index in [2.05, 4.69) is 10.3 Å². The summed E-state index contributed by atoms with van der Waals surface area (Å²) >= 11 is 6.18. The smallest absolute Gasteiger partial charge is 0.330 e. The zero-order valence-electron chi connectivity index (χ0n) is 18.5. The number of nitrogens with one attached hydrogen (secondary N) is 2. The molecule has 2 aromatic carbocycles. The lowest BCUT2D eigenvalue weighted by atomic mass is 10.2. The number of amides is 1. The van der Waals surface area contributed by atoms with Gasteiger partial charge in [0.2, 0.25) is 5.91 Å². The van der Waals surface area contributed by atoms with E-state index in [1.165, 1.54) is 4.57 Å². The molecule has 0 saturated heterocycles. The number of halogens is 1. The predicted octanol–water partition coefficient (Wildman–Crippen LogP) is 2.90. The predicted molar refractivity (Wildman–Crippen MR) is 131 cm³/mol. The van der Waals surface area contributed by atoms with Gasteiger partial charge in [0.25, 0.3) is 5.56 Å². The van der Waals surface area contributed by atoms with Crippen LogP contribution >= 0.6 is 11.6 Å². The van der Waals surface area contributed by atoms with Crippen molar-refractivity contribution in [2.45, 2.75) is 39.4 Å². The van der Waals surface area contributed by atoms with Crippen molar-refractivity contribution in [2.24, 2.45) is 0 Å². The summed E-state index contributed by atoms with van der Waals surface area (Å²) < 4.78 is 1.35. The van der Waals surface area contributed by atoms with Gasteiger partial charge in [-0.1, -0.05) is 73.5 Å². The largest absolute Gasteiger partial charge is 0.383 e. The van der Waals surface area contributed by atoms with Crippen molar-refractivity contribution in [2.75, 3.05) is 17.2 Å². The highest BCUT2D eigenvalue weighted by molar-refractivity contribution is 6.31. The number of nitrogen functional groups attached to an aromatic ring is 1. The Morgan fingerprint density at radius 1 is 1.12 bits per heavy atom. The fourth-order valence-corrected chi connectivity index (χ4v) is 3.71. The maximum atomic E-state index is 12.8. The number of benzene rings is 2. The number of carbonyl (C=O) groups is 1. The molecule has 0 bridgehead atoms. The lowest BCUT2D eigenvalue weighted by Gasteiger charge is -2.26. The third-order valence-corrected chi connectivity index (χ3v) is 5.62. The number of unbranched alkanes of at least 4 members (excludes halogenated alkanes) is 1. The van der Waals surface area contributed by atoms with Crippen LogP contribution in [0.3, 0.4) is 0 Å². The summed E-state index contributed by atoms with van der Waals surface area (Å²) in [5.74, 6) is -0.261. The second-order valence-corrected chi connectivity index (χ2v) is 8.12. The van der Waals surface area contributed by atoms with Gasteiger partial charge in [-0.2, -0.15) is 0 Å². The molecule has 0 radical (unpaired) electrons. The average Bonchev–Trinajstić information content (AvgIpc) is 2.79. The van der Waals surface area contributed by atoms with E-state index in [4.69, 9.17) is 17.3 Å². The van der Waals surface area contributed by atoms with Crippen LogP contribution in [0.25, 0.3) is 0 Å². The third kappa shape index (κ3) is 6.26. The number of nitrogens with two attached hydrogens (primary N) is 1. The van der Waals surface area contributed by atoms with Crippen LogP contribution in [0.5, 0.6) is 0 Å². The van der Waals surface area contributed by atoms with Crippen LogP contribution in [0, 0.1) is 0 Å². The molecule has 174 valence electrons. The Hall–Kier alpha value is -3.52. The summed E-state index contributed by atoms with van der Waals surface area (Å²) in [6, 6.07) is 16.7. The standard InChI is InChI=1S/C24H28ClN5O3/c1-2-3-13-30-22(26)21(23(32)28-24(30)33)29(15-17-9-5-4-6-10-17)16-20(31)27-14-18-11-7-8-12-19(18)25/h4-12H,2-3,13-16,26H2,1H3,(H,27,31)(H,28,32,33). The molecule has 8 nitrogen and oxygen atoms in total. The van der Waals surface area contributed by atoms with E-state index in [9.17, 15) is 14.4 Å².